The van der Waals surface area contributed by atoms with Gasteiger partial charge in [-0.2, -0.15) is 0 Å². The van der Waals surface area contributed by atoms with Gasteiger partial charge in [-0.25, -0.2) is 0 Å². The van der Waals surface area contributed by atoms with Crippen molar-refractivity contribution in [2.75, 3.05) is 0 Å². The van der Waals surface area contributed by atoms with Crippen molar-refractivity contribution in [3.05, 3.63) is 23.7 Å². The molecule has 1 aromatic rings. The summed E-state index contributed by atoms with van der Waals surface area (Å²) in [6, 6.07) is 5.11. The average molecular weight is 245 g/mol. The lowest BCUT2D eigenvalue weighted by Crippen LogP contribution is -2.33. The Kier molecular flexibility index (Phi) is 2.54. The molecule has 4 rings (SSSR count). The van der Waals surface area contributed by atoms with E-state index >= 15 is 0 Å². The van der Waals surface area contributed by atoms with Crippen LogP contribution in [0, 0.1) is 17.8 Å². The highest BCUT2D eigenvalue weighted by molar-refractivity contribution is 5.17. The SMILES string of the molecule is CC1CC1c1ccc(CNC2CC3CCC2C3)o1. The molecule has 98 valence electrons. The Bertz CT molecular complexity index is 438. The smallest absolute Gasteiger partial charge is 0.117 e. The Morgan fingerprint density at radius 3 is 2.78 bits per heavy atom. The zero-order valence-corrected chi connectivity index (χ0v) is 11.2. The summed E-state index contributed by atoms with van der Waals surface area (Å²) in [4.78, 5) is 0. The molecule has 5 unspecified atom stereocenters. The van der Waals surface area contributed by atoms with Crippen molar-refractivity contribution in [3.63, 3.8) is 0 Å². The minimum absolute atomic E-state index is 0.709. The van der Waals surface area contributed by atoms with Gasteiger partial charge in [-0.15, -0.1) is 0 Å². The van der Waals surface area contributed by atoms with E-state index in [-0.39, 0.29) is 0 Å². The lowest BCUT2D eigenvalue weighted by atomic mass is 9.95. The summed E-state index contributed by atoms with van der Waals surface area (Å²) in [5, 5.41) is 3.72. The van der Waals surface area contributed by atoms with Gasteiger partial charge < -0.3 is 9.73 Å². The van der Waals surface area contributed by atoms with E-state index in [4.69, 9.17) is 4.42 Å². The van der Waals surface area contributed by atoms with Gasteiger partial charge in [0.25, 0.3) is 0 Å². The Hall–Kier alpha value is -0.760. The van der Waals surface area contributed by atoms with Gasteiger partial charge in [-0.05, 0) is 55.6 Å². The minimum atomic E-state index is 0.709. The first kappa shape index (κ1) is 11.1. The van der Waals surface area contributed by atoms with Crippen LogP contribution >= 0.6 is 0 Å². The van der Waals surface area contributed by atoms with E-state index in [0.29, 0.717) is 5.92 Å². The highest BCUT2D eigenvalue weighted by atomic mass is 16.3. The minimum Gasteiger partial charge on any atom is -0.464 e. The number of furan rings is 1. The molecule has 1 N–H and O–H groups in total. The van der Waals surface area contributed by atoms with Crippen LogP contribution in [-0.2, 0) is 6.54 Å². The Labute approximate surface area is 109 Å². The highest BCUT2D eigenvalue weighted by Crippen LogP contribution is 2.47. The van der Waals surface area contributed by atoms with Gasteiger partial charge in [0.2, 0.25) is 0 Å². The number of hydrogen-bond acceptors (Lipinski definition) is 2. The topological polar surface area (TPSA) is 25.2 Å². The molecule has 0 amide bonds. The summed E-state index contributed by atoms with van der Waals surface area (Å²) >= 11 is 0. The molecule has 2 bridgehead atoms. The van der Waals surface area contributed by atoms with Crippen molar-refractivity contribution < 1.29 is 4.42 Å². The largest absolute Gasteiger partial charge is 0.464 e. The summed E-state index contributed by atoms with van der Waals surface area (Å²) < 4.78 is 5.96. The lowest BCUT2D eigenvalue weighted by Gasteiger charge is -2.22. The van der Waals surface area contributed by atoms with Crippen LogP contribution < -0.4 is 5.32 Å². The molecule has 0 radical (unpaired) electrons. The van der Waals surface area contributed by atoms with Gasteiger partial charge in [0, 0.05) is 12.0 Å². The molecule has 0 saturated heterocycles. The molecule has 1 aromatic heterocycles. The van der Waals surface area contributed by atoms with Gasteiger partial charge in [0.05, 0.1) is 6.54 Å². The monoisotopic (exact) mass is 245 g/mol. The summed E-state index contributed by atoms with van der Waals surface area (Å²) in [7, 11) is 0. The molecule has 0 spiro atoms. The summed E-state index contributed by atoms with van der Waals surface area (Å²) in [6.07, 6.45) is 7.12. The Morgan fingerprint density at radius 1 is 1.22 bits per heavy atom. The van der Waals surface area contributed by atoms with Crippen LogP contribution in [0.25, 0.3) is 0 Å². The predicted octanol–water partition coefficient (Wildman–Crippen LogP) is 3.68. The zero-order valence-electron chi connectivity index (χ0n) is 11.2. The highest BCUT2D eigenvalue weighted by Gasteiger charge is 2.39. The van der Waals surface area contributed by atoms with Gasteiger partial charge in [-0.3, -0.25) is 0 Å². The van der Waals surface area contributed by atoms with E-state index in [2.05, 4.69) is 24.4 Å². The Balaban J connectivity index is 1.33. The molecule has 0 aliphatic heterocycles. The number of rotatable bonds is 4. The number of hydrogen-bond donors (Lipinski definition) is 1. The molecule has 2 heteroatoms. The fourth-order valence-electron chi connectivity index (χ4n) is 4.13. The molecule has 0 aromatic carbocycles. The van der Waals surface area contributed by atoms with E-state index in [1.807, 2.05) is 0 Å². The normalized spacial score (nSPS) is 41.5. The van der Waals surface area contributed by atoms with Crippen molar-refractivity contribution >= 4 is 0 Å². The van der Waals surface area contributed by atoms with Crippen molar-refractivity contribution in [1.82, 2.24) is 5.32 Å². The van der Waals surface area contributed by atoms with Crippen molar-refractivity contribution in [2.24, 2.45) is 17.8 Å². The first-order valence-corrected chi connectivity index (χ1v) is 7.61. The van der Waals surface area contributed by atoms with E-state index in [0.717, 1.165) is 36.1 Å². The van der Waals surface area contributed by atoms with Gasteiger partial charge in [0.1, 0.15) is 11.5 Å². The fourth-order valence-corrected chi connectivity index (χ4v) is 4.13. The molecule has 18 heavy (non-hydrogen) atoms. The second-order valence-electron chi connectivity index (χ2n) is 6.79. The van der Waals surface area contributed by atoms with Crippen molar-refractivity contribution in [3.8, 4) is 0 Å². The Morgan fingerprint density at radius 2 is 2.11 bits per heavy atom. The van der Waals surface area contributed by atoms with E-state index in [1.165, 1.54) is 37.9 Å². The zero-order chi connectivity index (χ0) is 12.1. The summed E-state index contributed by atoms with van der Waals surface area (Å²) in [5.74, 6) is 5.86. The average Bonchev–Trinajstić information content (AvgIpc) is 2.85. The summed E-state index contributed by atoms with van der Waals surface area (Å²) in [5.41, 5.74) is 0. The molecular weight excluding hydrogens is 222 g/mol. The maximum Gasteiger partial charge on any atom is 0.117 e. The van der Waals surface area contributed by atoms with Crippen molar-refractivity contribution in [2.45, 2.75) is 57.5 Å². The quantitative estimate of drug-likeness (QED) is 0.875. The molecule has 3 aliphatic rings. The number of fused-ring (bicyclic) bond motifs is 2. The predicted molar refractivity (Wildman–Crippen MR) is 71.3 cm³/mol. The van der Waals surface area contributed by atoms with E-state index in [9.17, 15) is 0 Å². The standard InChI is InChI=1S/C16H23NO/c1-10-6-14(10)16-5-4-13(18-16)9-17-15-8-11-2-3-12(15)7-11/h4-5,10-12,14-15,17H,2-3,6-9H2,1H3. The molecule has 5 atom stereocenters. The van der Waals surface area contributed by atoms with Gasteiger partial charge >= 0.3 is 0 Å². The number of nitrogens with one attached hydrogen (secondary N) is 1. The van der Waals surface area contributed by atoms with Crippen LogP contribution in [0.3, 0.4) is 0 Å². The van der Waals surface area contributed by atoms with Gasteiger partial charge in [0.15, 0.2) is 0 Å². The third kappa shape index (κ3) is 1.91. The maximum absolute atomic E-state index is 5.96. The fraction of sp³-hybridized carbons (Fsp3) is 0.750. The third-order valence-corrected chi connectivity index (χ3v) is 5.43. The van der Waals surface area contributed by atoms with Gasteiger partial charge in [-0.1, -0.05) is 13.3 Å². The van der Waals surface area contributed by atoms with E-state index < -0.39 is 0 Å². The third-order valence-electron chi connectivity index (χ3n) is 5.43. The molecule has 3 aliphatic carbocycles. The lowest BCUT2D eigenvalue weighted by molar-refractivity contribution is 0.334. The molecule has 3 fully saturated rings. The van der Waals surface area contributed by atoms with Crippen LogP contribution in [0.1, 0.15) is 56.5 Å². The van der Waals surface area contributed by atoms with Crippen LogP contribution in [-0.4, -0.2) is 6.04 Å². The first-order chi connectivity index (χ1) is 8.79. The first-order valence-electron chi connectivity index (χ1n) is 7.61. The molecule has 1 heterocycles. The summed E-state index contributed by atoms with van der Waals surface area (Å²) in [6.45, 7) is 3.23. The van der Waals surface area contributed by atoms with Crippen LogP contribution in [0.5, 0.6) is 0 Å². The van der Waals surface area contributed by atoms with Crippen LogP contribution in [0.2, 0.25) is 0 Å². The van der Waals surface area contributed by atoms with Crippen molar-refractivity contribution in [1.29, 1.82) is 0 Å². The molecule has 3 saturated carbocycles. The van der Waals surface area contributed by atoms with Crippen LogP contribution in [0.15, 0.2) is 16.5 Å². The maximum atomic E-state index is 5.96. The molecule has 2 nitrogen and oxygen atoms in total. The van der Waals surface area contributed by atoms with Crippen LogP contribution in [0.4, 0.5) is 0 Å². The second kappa shape index (κ2) is 4.12. The van der Waals surface area contributed by atoms with E-state index in [1.54, 1.807) is 0 Å². The second-order valence-corrected chi connectivity index (χ2v) is 6.79. The molecular formula is C16H23NO.